The summed E-state index contributed by atoms with van der Waals surface area (Å²) in [4.78, 5) is 18.3. The van der Waals surface area contributed by atoms with E-state index in [0.29, 0.717) is 22.5 Å². The summed E-state index contributed by atoms with van der Waals surface area (Å²) in [5.74, 6) is -0.169. The molecule has 0 aliphatic carbocycles. The molecule has 2 aromatic carbocycles. The van der Waals surface area contributed by atoms with Crippen LogP contribution in [0.3, 0.4) is 0 Å². The number of nitrogens with zero attached hydrogens (tertiary/aromatic N) is 2. The van der Waals surface area contributed by atoms with Crippen LogP contribution in [0.5, 0.6) is 0 Å². The van der Waals surface area contributed by atoms with Gasteiger partial charge < -0.3 is 0 Å². The van der Waals surface area contributed by atoms with E-state index in [2.05, 4.69) is 4.99 Å². The van der Waals surface area contributed by atoms with Crippen LogP contribution >= 0.6 is 23.4 Å². The van der Waals surface area contributed by atoms with Crippen LogP contribution in [0.4, 0.5) is 13.2 Å². The molecule has 0 saturated carbocycles. The van der Waals surface area contributed by atoms with E-state index in [9.17, 15) is 18.0 Å². The van der Waals surface area contributed by atoms with E-state index in [4.69, 9.17) is 11.6 Å². The molecular formula is C18H14ClF3N2OS. The van der Waals surface area contributed by atoms with Gasteiger partial charge in [-0.1, -0.05) is 47.6 Å². The average molecular weight is 399 g/mol. The standard InChI is InChI=1S/C18H14ClF3N2OS/c19-13-5-3-4-12(10-13)11-26-17-23-8-9-24(17)16(25)14-6-1-2-7-15(14)18(20,21)22/h1-7,10H,8-9,11H2. The topological polar surface area (TPSA) is 32.7 Å². The Morgan fingerprint density at radius 2 is 1.96 bits per heavy atom. The van der Waals surface area contributed by atoms with Gasteiger partial charge in [-0.3, -0.25) is 14.7 Å². The lowest BCUT2D eigenvalue weighted by molar-refractivity contribution is -0.138. The lowest BCUT2D eigenvalue weighted by Crippen LogP contribution is -2.34. The van der Waals surface area contributed by atoms with Crippen LogP contribution in [-0.4, -0.2) is 29.1 Å². The highest BCUT2D eigenvalue weighted by atomic mass is 35.5. The molecule has 1 heterocycles. The zero-order valence-corrected chi connectivity index (χ0v) is 15.0. The molecule has 0 saturated heterocycles. The fraction of sp³-hybridized carbons (Fsp3) is 0.222. The minimum Gasteiger partial charge on any atom is -0.286 e. The van der Waals surface area contributed by atoms with Crippen LogP contribution in [-0.2, 0) is 11.9 Å². The highest BCUT2D eigenvalue weighted by molar-refractivity contribution is 8.13. The number of alkyl halides is 3. The van der Waals surface area contributed by atoms with E-state index in [0.717, 1.165) is 11.6 Å². The van der Waals surface area contributed by atoms with Crippen LogP contribution in [0.25, 0.3) is 0 Å². The third-order valence-electron chi connectivity index (χ3n) is 3.77. The molecule has 0 N–H and O–H groups in total. The van der Waals surface area contributed by atoms with Crippen molar-refractivity contribution >= 4 is 34.4 Å². The number of rotatable bonds is 3. The van der Waals surface area contributed by atoms with Crippen molar-refractivity contribution in [1.82, 2.24) is 4.90 Å². The first-order valence-corrected chi connectivity index (χ1v) is 9.12. The minimum absolute atomic E-state index is 0.267. The maximum absolute atomic E-state index is 13.2. The number of halogens is 4. The summed E-state index contributed by atoms with van der Waals surface area (Å²) in [6, 6.07) is 12.1. The molecule has 1 amide bonds. The molecule has 0 atom stereocenters. The summed E-state index contributed by atoms with van der Waals surface area (Å²) in [5.41, 5.74) is -0.353. The van der Waals surface area contributed by atoms with E-state index in [1.165, 1.54) is 34.9 Å². The maximum Gasteiger partial charge on any atom is 0.417 e. The maximum atomic E-state index is 13.2. The first-order valence-electron chi connectivity index (χ1n) is 7.76. The Kier molecular flexibility index (Phi) is 5.58. The molecule has 3 nitrogen and oxygen atoms in total. The smallest absolute Gasteiger partial charge is 0.286 e. The Balaban J connectivity index is 1.77. The van der Waals surface area contributed by atoms with Gasteiger partial charge in [-0.05, 0) is 29.8 Å². The Bertz CT molecular complexity index is 854. The second-order valence-electron chi connectivity index (χ2n) is 5.58. The van der Waals surface area contributed by atoms with Crippen molar-refractivity contribution in [3.63, 3.8) is 0 Å². The lowest BCUT2D eigenvalue weighted by atomic mass is 10.1. The predicted octanol–water partition coefficient (Wildman–Crippen LogP) is 5.10. The number of hydrogen-bond donors (Lipinski definition) is 0. The van der Waals surface area contributed by atoms with Crippen LogP contribution in [0.15, 0.2) is 53.5 Å². The number of amidine groups is 1. The van der Waals surface area contributed by atoms with Gasteiger partial charge in [0.05, 0.1) is 17.7 Å². The van der Waals surface area contributed by atoms with Gasteiger partial charge in [0, 0.05) is 17.3 Å². The first-order chi connectivity index (χ1) is 12.4. The van der Waals surface area contributed by atoms with Crippen molar-refractivity contribution < 1.29 is 18.0 Å². The second kappa shape index (κ2) is 7.72. The molecule has 1 aliphatic rings. The fourth-order valence-electron chi connectivity index (χ4n) is 2.58. The van der Waals surface area contributed by atoms with E-state index < -0.39 is 17.6 Å². The summed E-state index contributed by atoms with van der Waals surface area (Å²) in [6.45, 7) is 0.640. The highest BCUT2D eigenvalue weighted by Gasteiger charge is 2.37. The zero-order valence-electron chi connectivity index (χ0n) is 13.5. The second-order valence-corrected chi connectivity index (χ2v) is 6.96. The van der Waals surface area contributed by atoms with Gasteiger partial charge in [-0.25, -0.2) is 0 Å². The predicted molar refractivity (Wildman–Crippen MR) is 97.5 cm³/mol. The van der Waals surface area contributed by atoms with Gasteiger partial charge in [-0.15, -0.1) is 0 Å². The zero-order chi connectivity index (χ0) is 18.7. The molecule has 136 valence electrons. The molecule has 26 heavy (non-hydrogen) atoms. The SMILES string of the molecule is O=C(c1ccccc1C(F)(F)F)N1CCN=C1SCc1cccc(Cl)c1. The number of amides is 1. The molecule has 3 rings (SSSR count). The van der Waals surface area contributed by atoms with Gasteiger partial charge in [0.15, 0.2) is 5.17 Å². The summed E-state index contributed by atoms with van der Waals surface area (Å²) in [7, 11) is 0. The Morgan fingerprint density at radius 3 is 2.69 bits per heavy atom. The van der Waals surface area contributed by atoms with Crippen LogP contribution < -0.4 is 0 Å². The fourth-order valence-corrected chi connectivity index (χ4v) is 3.78. The molecule has 0 fully saturated rings. The molecule has 0 radical (unpaired) electrons. The van der Waals surface area contributed by atoms with E-state index >= 15 is 0 Å². The summed E-state index contributed by atoms with van der Waals surface area (Å²) in [5, 5.41) is 1.02. The van der Waals surface area contributed by atoms with Crippen LogP contribution in [0.2, 0.25) is 5.02 Å². The molecule has 2 aromatic rings. The third-order valence-corrected chi connectivity index (χ3v) is 5.09. The summed E-state index contributed by atoms with van der Waals surface area (Å²) in [6.07, 6.45) is -4.59. The van der Waals surface area contributed by atoms with Gasteiger partial charge >= 0.3 is 6.18 Å². The highest BCUT2D eigenvalue weighted by Crippen LogP contribution is 2.33. The monoisotopic (exact) mass is 398 g/mol. The molecule has 0 unspecified atom stereocenters. The van der Waals surface area contributed by atoms with Gasteiger partial charge in [0.2, 0.25) is 0 Å². The molecule has 0 bridgehead atoms. The Labute approximate surface area is 157 Å². The first kappa shape index (κ1) is 18.8. The molecule has 0 aromatic heterocycles. The van der Waals surface area contributed by atoms with E-state index in [1.54, 1.807) is 12.1 Å². The van der Waals surface area contributed by atoms with Crippen molar-refractivity contribution in [3.05, 3.63) is 70.2 Å². The number of carbonyl (C=O) groups excluding carboxylic acids is 1. The number of carbonyl (C=O) groups is 1. The summed E-state index contributed by atoms with van der Waals surface area (Å²) >= 11 is 7.25. The van der Waals surface area contributed by atoms with Crippen LogP contribution in [0.1, 0.15) is 21.5 Å². The lowest BCUT2D eigenvalue weighted by Gasteiger charge is -2.20. The van der Waals surface area contributed by atoms with E-state index in [-0.39, 0.29) is 12.1 Å². The number of hydrogen-bond acceptors (Lipinski definition) is 3. The van der Waals surface area contributed by atoms with Crippen molar-refractivity contribution in [3.8, 4) is 0 Å². The van der Waals surface area contributed by atoms with Crippen LogP contribution in [0, 0.1) is 0 Å². The minimum atomic E-state index is -4.59. The van der Waals surface area contributed by atoms with Gasteiger partial charge in [0.25, 0.3) is 5.91 Å². The number of benzene rings is 2. The van der Waals surface area contributed by atoms with E-state index in [1.807, 2.05) is 12.1 Å². The third kappa shape index (κ3) is 4.22. The largest absolute Gasteiger partial charge is 0.417 e. The van der Waals surface area contributed by atoms with Gasteiger partial charge in [-0.2, -0.15) is 13.2 Å². The average Bonchev–Trinajstić information content (AvgIpc) is 3.07. The molecular weight excluding hydrogens is 385 g/mol. The quantitative estimate of drug-likeness (QED) is 0.720. The van der Waals surface area contributed by atoms with Crippen molar-refractivity contribution in [1.29, 1.82) is 0 Å². The number of aliphatic imine (C=N–C) groups is 1. The Hall–Kier alpha value is -1.99. The summed E-state index contributed by atoms with van der Waals surface area (Å²) < 4.78 is 39.5. The van der Waals surface area contributed by atoms with Gasteiger partial charge in [0.1, 0.15) is 0 Å². The normalized spacial score (nSPS) is 14.5. The van der Waals surface area contributed by atoms with Crippen molar-refractivity contribution in [2.45, 2.75) is 11.9 Å². The molecule has 1 aliphatic heterocycles. The molecule has 8 heteroatoms. The number of thioether (sulfide) groups is 1. The van der Waals surface area contributed by atoms with Crippen molar-refractivity contribution in [2.24, 2.45) is 4.99 Å². The Morgan fingerprint density at radius 1 is 1.19 bits per heavy atom. The van der Waals surface area contributed by atoms with Crippen molar-refractivity contribution in [2.75, 3.05) is 13.1 Å². The molecule has 0 spiro atoms.